The van der Waals surface area contributed by atoms with Crippen molar-refractivity contribution < 1.29 is 13.9 Å². The van der Waals surface area contributed by atoms with Gasteiger partial charge < -0.3 is 14.1 Å². The van der Waals surface area contributed by atoms with Crippen LogP contribution in [-0.2, 0) is 4.74 Å². The number of fused-ring (bicyclic) bond motifs is 2. The second-order valence-corrected chi connectivity index (χ2v) is 8.08. The molecule has 2 aliphatic heterocycles. The molecule has 1 saturated heterocycles. The lowest BCUT2D eigenvalue weighted by atomic mass is 9.97. The lowest BCUT2D eigenvalue weighted by Crippen LogP contribution is -2.36. The minimum absolute atomic E-state index is 0.00651. The van der Waals surface area contributed by atoms with Gasteiger partial charge in [-0.15, -0.1) is 0 Å². The van der Waals surface area contributed by atoms with Crippen LogP contribution in [0.2, 0.25) is 0 Å². The Morgan fingerprint density at radius 2 is 1.79 bits per heavy atom. The van der Waals surface area contributed by atoms with Crippen molar-refractivity contribution in [1.82, 2.24) is 4.90 Å². The minimum Gasteiger partial charge on any atom is -0.450 e. The van der Waals surface area contributed by atoms with Gasteiger partial charge in [0.1, 0.15) is 5.58 Å². The first-order chi connectivity index (χ1) is 14.0. The maximum atomic E-state index is 13.5. The van der Waals surface area contributed by atoms with E-state index in [-0.39, 0.29) is 23.2 Å². The second kappa shape index (κ2) is 6.85. The molecule has 0 radical (unpaired) electrons. The number of hydrogen-bond acceptors (Lipinski definition) is 4. The van der Waals surface area contributed by atoms with E-state index in [0.717, 1.165) is 36.1 Å². The summed E-state index contributed by atoms with van der Waals surface area (Å²) >= 11 is 0. The van der Waals surface area contributed by atoms with Gasteiger partial charge in [0.25, 0.3) is 5.91 Å². The first-order valence-corrected chi connectivity index (χ1v) is 10.1. The number of nitrogens with zero attached hydrogens (tertiary/aromatic N) is 1. The predicted molar refractivity (Wildman–Crippen MR) is 110 cm³/mol. The van der Waals surface area contributed by atoms with Crippen LogP contribution in [0, 0.1) is 13.8 Å². The van der Waals surface area contributed by atoms with Crippen LogP contribution < -0.4 is 5.43 Å². The summed E-state index contributed by atoms with van der Waals surface area (Å²) < 4.78 is 11.8. The molecule has 0 N–H and O–H groups in total. The van der Waals surface area contributed by atoms with E-state index in [2.05, 4.69) is 0 Å². The van der Waals surface area contributed by atoms with Gasteiger partial charge in [0.2, 0.25) is 5.76 Å². The molecule has 0 spiro atoms. The van der Waals surface area contributed by atoms with Gasteiger partial charge in [0.15, 0.2) is 5.43 Å². The summed E-state index contributed by atoms with van der Waals surface area (Å²) in [6.45, 7) is 5.14. The highest BCUT2D eigenvalue weighted by molar-refractivity contribution is 5.99. The Balaban J connectivity index is 1.71. The Bertz CT molecular complexity index is 1160. The SMILES string of the molecule is Cc1ccc([C@@H]2c3c(oc4ccc(C)cc4c3=O)C(=O)N2C[C@@H]2CCCO2)cc1. The van der Waals surface area contributed by atoms with Gasteiger partial charge in [0, 0.05) is 13.2 Å². The van der Waals surface area contributed by atoms with E-state index in [1.165, 1.54) is 0 Å². The molecular formula is C24H23NO4. The molecule has 2 aliphatic rings. The molecule has 1 aromatic heterocycles. The zero-order chi connectivity index (χ0) is 20.1. The molecular weight excluding hydrogens is 366 g/mol. The van der Waals surface area contributed by atoms with Gasteiger partial charge >= 0.3 is 0 Å². The number of amides is 1. The Hall–Kier alpha value is -2.92. The van der Waals surface area contributed by atoms with Crippen molar-refractivity contribution in [2.45, 2.75) is 38.8 Å². The Morgan fingerprint density at radius 1 is 1.03 bits per heavy atom. The molecule has 1 fully saturated rings. The molecule has 5 rings (SSSR count). The molecule has 2 atom stereocenters. The first kappa shape index (κ1) is 18.1. The molecule has 0 unspecified atom stereocenters. The Labute approximate surface area is 168 Å². The van der Waals surface area contributed by atoms with Crippen LogP contribution in [0.4, 0.5) is 0 Å². The molecule has 29 heavy (non-hydrogen) atoms. The van der Waals surface area contributed by atoms with Crippen molar-refractivity contribution in [2.24, 2.45) is 0 Å². The van der Waals surface area contributed by atoms with E-state index in [0.29, 0.717) is 23.1 Å². The number of benzene rings is 2. The van der Waals surface area contributed by atoms with Gasteiger partial charge in [-0.3, -0.25) is 9.59 Å². The zero-order valence-corrected chi connectivity index (χ0v) is 16.6. The molecule has 1 amide bonds. The fourth-order valence-corrected chi connectivity index (χ4v) is 4.43. The van der Waals surface area contributed by atoms with E-state index in [1.807, 2.05) is 50.2 Å². The molecule has 3 aromatic rings. The fraction of sp³-hybridized carbons (Fsp3) is 0.333. The molecule has 2 aromatic carbocycles. The van der Waals surface area contributed by atoms with Crippen molar-refractivity contribution in [2.75, 3.05) is 13.2 Å². The normalized spacial score (nSPS) is 21.2. The highest BCUT2D eigenvalue weighted by Crippen LogP contribution is 2.39. The van der Waals surface area contributed by atoms with E-state index in [9.17, 15) is 9.59 Å². The summed E-state index contributed by atoms with van der Waals surface area (Å²) in [5, 5.41) is 0.521. The second-order valence-electron chi connectivity index (χ2n) is 8.08. The van der Waals surface area contributed by atoms with Crippen LogP contribution in [0.3, 0.4) is 0 Å². The maximum absolute atomic E-state index is 13.5. The number of ether oxygens (including phenoxy) is 1. The van der Waals surface area contributed by atoms with Gasteiger partial charge in [-0.1, -0.05) is 41.5 Å². The molecule has 5 heteroatoms. The third-order valence-electron chi connectivity index (χ3n) is 5.94. The number of aryl methyl sites for hydroxylation is 2. The van der Waals surface area contributed by atoms with E-state index >= 15 is 0 Å². The zero-order valence-electron chi connectivity index (χ0n) is 16.6. The number of carbonyl (C=O) groups is 1. The predicted octanol–water partition coefficient (Wildman–Crippen LogP) is 4.13. The maximum Gasteiger partial charge on any atom is 0.291 e. The van der Waals surface area contributed by atoms with E-state index < -0.39 is 6.04 Å². The largest absolute Gasteiger partial charge is 0.450 e. The van der Waals surface area contributed by atoms with Gasteiger partial charge in [-0.25, -0.2) is 0 Å². The van der Waals surface area contributed by atoms with Crippen molar-refractivity contribution in [3.63, 3.8) is 0 Å². The lowest BCUT2D eigenvalue weighted by Gasteiger charge is -2.27. The lowest BCUT2D eigenvalue weighted by molar-refractivity contribution is 0.0486. The quantitative estimate of drug-likeness (QED) is 0.676. The number of hydrogen-bond donors (Lipinski definition) is 0. The molecule has 5 nitrogen and oxygen atoms in total. The van der Waals surface area contributed by atoms with Gasteiger partial charge in [0.05, 0.1) is 23.1 Å². The molecule has 0 aliphatic carbocycles. The molecule has 3 heterocycles. The third kappa shape index (κ3) is 2.97. The highest BCUT2D eigenvalue weighted by atomic mass is 16.5. The highest BCUT2D eigenvalue weighted by Gasteiger charge is 2.43. The number of carbonyl (C=O) groups excluding carboxylic acids is 1. The van der Waals surface area contributed by atoms with Crippen LogP contribution in [-0.4, -0.2) is 30.1 Å². The summed E-state index contributed by atoms with van der Waals surface area (Å²) in [4.78, 5) is 28.6. The van der Waals surface area contributed by atoms with Crippen molar-refractivity contribution in [3.8, 4) is 0 Å². The third-order valence-corrected chi connectivity index (χ3v) is 5.94. The smallest absolute Gasteiger partial charge is 0.291 e. The summed E-state index contributed by atoms with van der Waals surface area (Å²) in [6, 6.07) is 13.0. The van der Waals surface area contributed by atoms with Crippen LogP contribution in [0.25, 0.3) is 11.0 Å². The summed E-state index contributed by atoms with van der Waals surface area (Å²) in [5.74, 6) is -0.0735. The van der Waals surface area contributed by atoms with Gasteiger partial charge in [-0.05, 0) is 44.4 Å². The van der Waals surface area contributed by atoms with Crippen LogP contribution in [0.5, 0.6) is 0 Å². The van der Waals surface area contributed by atoms with Crippen LogP contribution in [0.1, 0.15) is 51.7 Å². The van der Waals surface area contributed by atoms with Crippen molar-refractivity contribution in [1.29, 1.82) is 0 Å². The van der Waals surface area contributed by atoms with Crippen molar-refractivity contribution in [3.05, 3.63) is 80.7 Å². The average Bonchev–Trinajstić information content (AvgIpc) is 3.32. The molecule has 148 valence electrons. The first-order valence-electron chi connectivity index (χ1n) is 10.1. The van der Waals surface area contributed by atoms with Crippen LogP contribution in [0.15, 0.2) is 51.7 Å². The van der Waals surface area contributed by atoms with E-state index in [4.69, 9.17) is 9.15 Å². The molecule has 0 bridgehead atoms. The average molecular weight is 389 g/mol. The summed E-state index contributed by atoms with van der Waals surface area (Å²) in [7, 11) is 0. The standard InChI is InChI=1S/C24H23NO4/c1-14-5-8-16(9-6-14)21-20-22(26)18-12-15(2)7-10-19(18)29-23(20)24(27)25(21)13-17-4-3-11-28-17/h5-10,12,17,21H,3-4,11,13H2,1-2H3/t17-,21+/m0/s1. The minimum atomic E-state index is -0.455. The van der Waals surface area contributed by atoms with Gasteiger partial charge in [-0.2, -0.15) is 0 Å². The summed E-state index contributed by atoms with van der Waals surface area (Å²) in [5.41, 5.74) is 3.80. The number of rotatable bonds is 3. The Morgan fingerprint density at radius 3 is 2.52 bits per heavy atom. The van der Waals surface area contributed by atoms with Crippen LogP contribution >= 0.6 is 0 Å². The monoisotopic (exact) mass is 389 g/mol. The van der Waals surface area contributed by atoms with Crippen molar-refractivity contribution >= 4 is 16.9 Å². The fourth-order valence-electron chi connectivity index (χ4n) is 4.43. The topological polar surface area (TPSA) is 59.8 Å². The molecule has 0 saturated carbocycles. The Kier molecular flexibility index (Phi) is 4.28. The summed E-state index contributed by atoms with van der Waals surface area (Å²) in [6.07, 6.45) is 1.91. The van der Waals surface area contributed by atoms with E-state index in [1.54, 1.807) is 11.0 Å².